The van der Waals surface area contributed by atoms with E-state index in [0.29, 0.717) is 0 Å². The van der Waals surface area contributed by atoms with Crippen LogP contribution in [-0.2, 0) is 11.6 Å². The van der Waals surface area contributed by atoms with Gasteiger partial charge in [0.25, 0.3) is 0 Å². The molecule has 1 aromatic heterocycles. The minimum Gasteiger partial charge on any atom is -0.397 e. The third kappa shape index (κ3) is 5.15. The first-order valence-electron chi connectivity index (χ1n) is 19.0. The van der Waals surface area contributed by atoms with Crippen LogP contribution in [0.3, 0.4) is 0 Å². The number of aliphatic hydroxyl groups excluding tert-OH is 1. The summed E-state index contributed by atoms with van der Waals surface area (Å²) in [5, 5.41) is 19.9. The molecule has 0 aliphatic heterocycles. The first kappa shape index (κ1) is 32.5. The van der Waals surface area contributed by atoms with Gasteiger partial charge < -0.3 is 5.11 Å². The molecule has 1 heterocycles. The lowest BCUT2D eigenvalue weighted by molar-refractivity contribution is 0.275. The van der Waals surface area contributed by atoms with E-state index in [1.165, 1.54) is 70.9 Å². The van der Waals surface area contributed by atoms with E-state index >= 15 is 0 Å². The van der Waals surface area contributed by atoms with Crippen LogP contribution >= 0.6 is 0 Å². The van der Waals surface area contributed by atoms with Gasteiger partial charge in [-0.25, -0.2) is 4.98 Å². The van der Waals surface area contributed by atoms with E-state index in [9.17, 15) is 5.11 Å². The second kappa shape index (κ2) is 12.8. The highest BCUT2D eigenvalue weighted by Gasteiger charge is 2.30. The van der Waals surface area contributed by atoms with Gasteiger partial charge in [0.05, 0.1) is 11.4 Å². The number of aromatic nitrogens is 2. The van der Waals surface area contributed by atoms with Crippen LogP contribution in [0.4, 0.5) is 0 Å². The average Bonchev–Trinajstić information content (AvgIpc) is 3.64. The van der Waals surface area contributed by atoms with Crippen LogP contribution in [0.5, 0.6) is 0 Å². The van der Waals surface area contributed by atoms with Crippen LogP contribution < -0.4 is 0 Å². The molecule has 0 bridgehead atoms. The van der Waals surface area contributed by atoms with Crippen LogP contribution in [0.2, 0.25) is 0 Å². The van der Waals surface area contributed by atoms with E-state index < -0.39 is 5.21 Å². The minimum atomic E-state index is -0.463. The van der Waals surface area contributed by atoms with Crippen molar-refractivity contribution in [2.75, 3.05) is 6.61 Å². The van der Waals surface area contributed by atoms with Crippen molar-refractivity contribution in [3.63, 3.8) is 0 Å². The van der Waals surface area contributed by atoms with E-state index in [1.807, 2.05) is 0 Å². The molecule has 0 saturated heterocycles. The summed E-state index contributed by atoms with van der Waals surface area (Å²) in [7, 11) is 4.12. The smallest absolute Gasteiger partial charge is 0.111 e. The van der Waals surface area contributed by atoms with Crippen LogP contribution in [-0.4, -0.2) is 37.0 Å². The highest BCUT2D eigenvalue weighted by Crippen LogP contribution is 2.46. The van der Waals surface area contributed by atoms with E-state index in [0.717, 1.165) is 41.3 Å². The maximum Gasteiger partial charge on any atom is 0.111 e. The third-order valence-electron chi connectivity index (χ3n) is 11.4. The van der Waals surface area contributed by atoms with E-state index in [2.05, 4.69) is 184 Å². The summed E-state index contributed by atoms with van der Waals surface area (Å²) in [4.78, 5) is 5.03. The molecule has 8 aromatic carbocycles. The Morgan fingerprint density at radius 2 is 1.09 bits per heavy atom. The lowest BCUT2D eigenvalue weighted by atomic mass is 9.54. The molecule has 9 aromatic rings. The molecule has 0 radical (unpaired) electrons. The number of nitrogens with zero attached hydrogens (tertiary/aromatic N) is 2. The van der Waals surface area contributed by atoms with E-state index in [4.69, 9.17) is 4.98 Å². The molecule has 0 amide bonds. The Hall–Kier alpha value is -6.16. The van der Waals surface area contributed by atoms with Crippen molar-refractivity contribution in [2.24, 2.45) is 0 Å². The number of fused-ring (bicyclic) bond motifs is 6. The number of allylic oxidation sites excluding steroid dienone is 1. The standard InChI is InChI=1S/C49H38B2N2O/c50-49(51,30-54)48-52-44-19-9-10-20-45(44)53(48)35-27-25-32(26-28-35)31-21-23-33(24-22-31)46-39-15-5-7-17-41(39)47(42-18-8-6-16-40(42)46)43-29-34-11-1-2-12-36(34)37-13-3-4-14-38(37)43/h1-8,10-18,20-29,54H,9,19,30,50-51H2. The molecule has 256 valence electrons. The molecule has 0 atom stereocenters. The van der Waals surface area contributed by atoms with Gasteiger partial charge in [-0.1, -0.05) is 140 Å². The topological polar surface area (TPSA) is 38.1 Å². The van der Waals surface area contributed by atoms with Crippen molar-refractivity contribution in [2.45, 2.75) is 18.1 Å². The zero-order valence-corrected chi connectivity index (χ0v) is 30.6. The van der Waals surface area contributed by atoms with Gasteiger partial charge in [-0.2, -0.15) is 0 Å². The molecular formula is C49H38B2N2O. The Morgan fingerprint density at radius 1 is 0.574 bits per heavy atom. The summed E-state index contributed by atoms with van der Waals surface area (Å²) in [6.07, 6.45) is 6.32. The summed E-state index contributed by atoms with van der Waals surface area (Å²) in [5.74, 6) is 0.901. The second-order valence-electron chi connectivity index (χ2n) is 15.2. The molecule has 3 nitrogen and oxygen atoms in total. The summed E-state index contributed by atoms with van der Waals surface area (Å²) in [6.45, 7) is 0.0324. The molecule has 0 fully saturated rings. The zero-order valence-electron chi connectivity index (χ0n) is 30.6. The van der Waals surface area contributed by atoms with Crippen molar-refractivity contribution in [1.82, 2.24) is 9.55 Å². The van der Waals surface area contributed by atoms with E-state index in [-0.39, 0.29) is 6.61 Å². The van der Waals surface area contributed by atoms with Gasteiger partial charge in [0.1, 0.15) is 21.5 Å². The van der Waals surface area contributed by atoms with Crippen molar-refractivity contribution in [3.8, 4) is 39.1 Å². The number of rotatable bonds is 6. The molecular weight excluding hydrogens is 654 g/mol. The van der Waals surface area contributed by atoms with Crippen LogP contribution in [0.25, 0.3) is 88.2 Å². The van der Waals surface area contributed by atoms with Crippen LogP contribution in [0.1, 0.15) is 23.6 Å². The third-order valence-corrected chi connectivity index (χ3v) is 11.4. The van der Waals surface area contributed by atoms with Crippen molar-refractivity contribution in [3.05, 3.63) is 175 Å². The quantitative estimate of drug-likeness (QED) is 0.107. The molecule has 1 N–H and O–H groups in total. The summed E-state index contributed by atoms with van der Waals surface area (Å²) in [5.41, 5.74) is 10.6. The predicted molar refractivity (Wildman–Crippen MR) is 233 cm³/mol. The van der Waals surface area contributed by atoms with Crippen molar-refractivity contribution < 1.29 is 5.11 Å². The van der Waals surface area contributed by atoms with E-state index in [1.54, 1.807) is 0 Å². The minimum absolute atomic E-state index is 0.0324. The number of hydrogen-bond acceptors (Lipinski definition) is 2. The molecule has 1 aliphatic rings. The molecule has 10 rings (SSSR count). The van der Waals surface area contributed by atoms with Gasteiger partial charge >= 0.3 is 0 Å². The Balaban J connectivity index is 1.09. The van der Waals surface area contributed by atoms with Crippen molar-refractivity contribution >= 4 is 64.9 Å². The summed E-state index contributed by atoms with van der Waals surface area (Å²) < 4.78 is 2.23. The number of aryl methyl sites for hydroxylation is 1. The molecule has 0 unspecified atom stereocenters. The van der Waals surface area contributed by atoms with Gasteiger partial charge in [0, 0.05) is 12.3 Å². The Bertz CT molecular complexity index is 2880. The number of hydrogen-bond donors (Lipinski definition) is 1. The second-order valence-corrected chi connectivity index (χ2v) is 15.2. The molecule has 5 heteroatoms. The first-order valence-corrected chi connectivity index (χ1v) is 19.0. The summed E-state index contributed by atoms with van der Waals surface area (Å²) >= 11 is 0. The van der Waals surface area contributed by atoms with Gasteiger partial charge in [-0.15, -0.1) is 0 Å². The molecule has 54 heavy (non-hydrogen) atoms. The molecule has 0 saturated carbocycles. The maximum absolute atomic E-state index is 10.3. The van der Waals surface area contributed by atoms with Gasteiger partial charge in [0.15, 0.2) is 0 Å². The van der Waals surface area contributed by atoms with Gasteiger partial charge in [-0.05, 0) is 119 Å². The number of benzene rings is 8. The van der Waals surface area contributed by atoms with Crippen LogP contribution in [0.15, 0.2) is 158 Å². The highest BCUT2D eigenvalue weighted by molar-refractivity contribution is 6.40. The fourth-order valence-corrected chi connectivity index (χ4v) is 8.66. The normalized spacial score (nSPS) is 12.9. The highest BCUT2D eigenvalue weighted by atomic mass is 16.3. The molecule has 1 aliphatic carbocycles. The summed E-state index contributed by atoms with van der Waals surface area (Å²) in [6, 6.07) is 55.6. The van der Waals surface area contributed by atoms with Crippen LogP contribution in [0, 0.1) is 0 Å². The fourth-order valence-electron chi connectivity index (χ4n) is 8.66. The number of imidazole rings is 1. The number of aliphatic hydroxyl groups is 1. The zero-order chi connectivity index (χ0) is 36.4. The molecule has 0 spiro atoms. The Kier molecular flexibility index (Phi) is 7.67. The predicted octanol–water partition coefficient (Wildman–Crippen LogP) is 9.86. The Morgan fingerprint density at radius 3 is 1.72 bits per heavy atom. The lowest BCUT2D eigenvalue weighted by Gasteiger charge is -2.23. The fraction of sp³-hybridized carbons (Fsp3) is 0.0816. The first-order chi connectivity index (χ1) is 26.5. The largest absolute Gasteiger partial charge is 0.397 e. The lowest BCUT2D eigenvalue weighted by Crippen LogP contribution is -2.35. The van der Waals surface area contributed by atoms with Gasteiger partial charge in [-0.3, -0.25) is 4.57 Å². The van der Waals surface area contributed by atoms with Crippen molar-refractivity contribution in [1.29, 1.82) is 0 Å². The SMILES string of the molecule is BC(B)(CO)c1nc2c(n1-c1ccc(-c3ccc(-c4c5ccccc5c(-c5cc6ccccc6c6ccccc56)c5ccccc45)cc3)cc1)C=CCC2. The average molecular weight is 692 g/mol. The maximum atomic E-state index is 10.3. The monoisotopic (exact) mass is 692 g/mol. The Labute approximate surface area is 317 Å². The van der Waals surface area contributed by atoms with Gasteiger partial charge in [0.2, 0.25) is 0 Å².